The summed E-state index contributed by atoms with van der Waals surface area (Å²) < 4.78 is 5.36. The fraction of sp³-hybridized carbons (Fsp3) is 0.500. The van der Waals surface area contributed by atoms with Crippen molar-refractivity contribution in [1.82, 2.24) is 0 Å². The van der Waals surface area contributed by atoms with Crippen LogP contribution in [0.2, 0.25) is 0 Å². The number of nitrogens with two attached hydrogens (primary N) is 1. The van der Waals surface area contributed by atoms with E-state index in [0.717, 1.165) is 5.56 Å². The zero-order valence-electron chi connectivity index (χ0n) is 10.9. The Morgan fingerprint density at radius 3 is 2.24 bits per heavy atom. The van der Waals surface area contributed by atoms with E-state index in [0.29, 0.717) is 0 Å². The van der Waals surface area contributed by atoms with E-state index in [-0.39, 0.29) is 17.5 Å². The van der Waals surface area contributed by atoms with Crippen molar-refractivity contribution in [2.24, 2.45) is 11.1 Å². The first kappa shape index (κ1) is 13.7. The number of hydrogen-bond acceptors (Lipinski definition) is 3. The van der Waals surface area contributed by atoms with Gasteiger partial charge in [0.05, 0.1) is 0 Å². The molecule has 0 bridgehead atoms. The average molecular weight is 235 g/mol. The molecule has 0 amide bonds. The van der Waals surface area contributed by atoms with Crippen LogP contribution in [0.5, 0.6) is 0 Å². The lowest BCUT2D eigenvalue weighted by atomic mass is 9.87. The van der Waals surface area contributed by atoms with Gasteiger partial charge in [0.2, 0.25) is 0 Å². The summed E-state index contributed by atoms with van der Waals surface area (Å²) in [5, 5.41) is 0. The van der Waals surface area contributed by atoms with Crippen molar-refractivity contribution in [3.8, 4) is 0 Å². The van der Waals surface area contributed by atoms with E-state index in [1.54, 1.807) is 0 Å². The Morgan fingerprint density at radius 1 is 1.24 bits per heavy atom. The van der Waals surface area contributed by atoms with Gasteiger partial charge in [0, 0.05) is 0 Å². The second kappa shape index (κ2) is 5.32. The lowest BCUT2D eigenvalue weighted by Crippen LogP contribution is -2.43. The fourth-order valence-electron chi connectivity index (χ4n) is 1.39. The summed E-state index contributed by atoms with van der Waals surface area (Å²) in [7, 11) is 0. The number of hydrogen-bond donors (Lipinski definition) is 1. The molecule has 1 rings (SSSR count). The number of rotatable bonds is 3. The predicted molar refractivity (Wildman–Crippen MR) is 68.4 cm³/mol. The standard InChI is InChI=1S/C14H21NO2/c1-10(11-8-6-5-7-9-11)17-13(16)12(15)14(2,3)4/h5-10,12H,15H2,1-4H3/t10?,12-/m0/s1. The van der Waals surface area contributed by atoms with Crippen LogP contribution in [0, 0.1) is 5.41 Å². The Morgan fingerprint density at radius 2 is 1.76 bits per heavy atom. The maximum atomic E-state index is 11.8. The van der Waals surface area contributed by atoms with Crippen molar-refractivity contribution in [2.75, 3.05) is 0 Å². The number of carbonyl (C=O) groups excluding carboxylic acids is 1. The Balaban J connectivity index is 2.64. The summed E-state index contributed by atoms with van der Waals surface area (Å²) in [4.78, 5) is 11.8. The van der Waals surface area contributed by atoms with Crippen molar-refractivity contribution in [3.05, 3.63) is 35.9 Å². The molecule has 0 aliphatic rings. The van der Waals surface area contributed by atoms with E-state index in [1.165, 1.54) is 0 Å². The quantitative estimate of drug-likeness (QED) is 0.819. The molecule has 3 heteroatoms. The predicted octanol–water partition coefficient (Wildman–Crippen LogP) is 2.66. The smallest absolute Gasteiger partial charge is 0.324 e. The largest absolute Gasteiger partial charge is 0.457 e. The van der Waals surface area contributed by atoms with E-state index in [2.05, 4.69) is 0 Å². The minimum Gasteiger partial charge on any atom is -0.457 e. The van der Waals surface area contributed by atoms with Crippen LogP contribution < -0.4 is 5.73 Å². The molecule has 0 aliphatic heterocycles. The molecule has 2 atom stereocenters. The minimum absolute atomic E-state index is 0.267. The molecule has 0 radical (unpaired) electrons. The second-order valence-electron chi connectivity index (χ2n) is 5.33. The van der Waals surface area contributed by atoms with Gasteiger partial charge in [0.1, 0.15) is 12.1 Å². The number of benzene rings is 1. The lowest BCUT2D eigenvalue weighted by molar-refractivity contribution is -0.152. The number of carbonyl (C=O) groups is 1. The first-order valence-electron chi connectivity index (χ1n) is 5.83. The number of ether oxygens (including phenoxy) is 1. The highest BCUT2D eigenvalue weighted by Crippen LogP contribution is 2.22. The van der Waals surface area contributed by atoms with Gasteiger partial charge >= 0.3 is 5.97 Å². The third kappa shape index (κ3) is 3.86. The molecular formula is C14H21NO2. The van der Waals surface area contributed by atoms with Gasteiger partial charge in [-0.25, -0.2) is 0 Å². The van der Waals surface area contributed by atoms with E-state index >= 15 is 0 Å². The molecule has 94 valence electrons. The molecule has 0 aliphatic carbocycles. The van der Waals surface area contributed by atoms with Gasteiger partial charge in [0.25, 0.3) is 0 Å². The molecule has 17 heavy (non-hydrogen) atoms. The van der Waals surface area contributed by atoms with Crippen molar-refractivity contribution >= 4 is 5.97 Å². The maximum Gasteiger partial charge on any atom is 0.324 e. The van der Waals surface area contributed by atoms with E-state index in [1.807, 2.05) is 58.0 Å². The summed E-state index contributed by atoms with van der Waals surface area (Å²) in [5.74, 6) is -0.353. The monoisotopic (exact) mass is 235 g/mol. The molecule has 1 aromatic rings. The summed E-state index contributed by atoms with van der Waals surface area (Å²) in [6.45, 7) is 7.62. The fourth-order valence-corrected chi connectivity index (χ4v) is 1.39. The van der Waals surface area contributed by atoms with E-state index in [4.69, 9.17) is 10.5 Å². The maximum absolute atomic E-state index is 11.8. The van der Waals surface area contributed by atoms with Gasteiger partial charge in [-0.05, 0) is 17.9 Å². The normalized spacial score (nSPS) is 15.1. The van der Waals surface area contributed by atoms with Crippen LogP contribution in [-0.4, -0.2) is 12.0 Å². The molecule has 0 saturated heterocycles. The summed E-state index contributed by atoms with van der Waals surface area (Å²) in [6.07, 6.45) is -0.267. The minimum atomic E-state index is -0.603. The SMILES string of the molecule is CC(OC(=O)[C@H](N)C(C)(C)C)c1ccccc1. The molecule has 3 nitrogen and oxygen atoms in total. The first-order chi connectivity index (χ1) is 7.82. The molecule has 0 fully saturated rings. The Labute approximate surface area is 103 Å². The van der Waals surface area contributed by atoms with Crippen LogP contribution in [0.15, 0.2) is 30.3 Å². The van der Waals surface area contributed by atoms with Gasteiger partial charge in [0.15, 0.2) is 0 Å². The third-order valence-electron chi connectivity index (χ3n) is 2.75. The Hall–Kier alpha value is -1.35. The molecule has 1 unspecified atom stereocenters. The summed E-state index contributed by atoms with van der Waals surface area (Å²) in [5.41, 5.74) is 6.54. The van der Waals surface area contributed by atoms with Crippen molar-refractivity contribution in [1.29, 1.82) is 0 Å². The number of esters is 1. The topological polar surface area (TPSA) is 52.3 Å². The molecule has 0 spiro atoms. The van der Waals surface area contributed by atoms with E-state index < -0.39 is 6.04 Å². The van der Waals surface area contributed by atoms with Crippen LogP contribution in [0.1, 0.15) is 39.4 Å². The Kier molecular flexibility index (Phi) is 4.29. The molecule has 0 saturated carbocycles. The van der Waals surface area contributed by atoms with Crippen LogP contribution in [0.25, 0.3) is 0 Å². The molecule has 2 N–H and O–H groups in total. The molecular weight excluding hydrogens is 214 g/mol. The first-order valence-corrected chi connectivity index (χ1v) is 5.83. The van der Waals surface area contributed by atoms with Gasteiger partial charge in [-0.3, -0.25) is 4.79 Å². The van der Waals surface area contributed by atoms with Gasteiger partial charge in [-0.15, -0.1) is 0 Å². The average Bonchev–Trinajstić information content (AvgIpc) is 2.27. The van der Waals surface area contributed by atoms with E-state index in [9.17, 15) is 4.79 Å². The molecule has 0 heterocycles. The molecule has 1 aromatic carbocycles. The van der Waals surface area contributed by atoms with Crippen molar-refractivity contribution in [2.45, 2.75) is 39.8 Å². The van der Waals surface area contributed by atoms with Gasteiger partial charge in [-0.1, -0.05) is 51.1 Å². The van der Waals surface area contributed by atoms with Crippen LogP contribution in [0.4, 0.5) is 0 Å². The van der Waals surface area contributed by atoms with Crippen LogP contribution in [-0.2, 0) is 9.53 Å². The highest BCUT2D eigenvalue weighted by Gasteiger charge is 2.29. The van der Waals surface area contributed by atoms with Crippen molar-refractivity contribution < 1.29 is 9.53 Å². The lowest BCUT2D eigenvalue weighted by Gasteiger charge is -2.26. The summed E-state index contributed by atoms with van der Waals surface area (Å²) >= 11 is 0. The zero-order valence-corrected chi connectivity index (χ0v) is 10.9. The van der Waals surface area contributed by atoms with Crippen LogP contribution >= 0.6 is 0 Å². The van der Waals surface area contributed by atoms with Crippen LogP contribution in [0.3, 0.4) is 0 Å². The summed E-state index contributed by atoms with van der Waals surface area (Å²) in [6, 6.07) is 9.03. The second-order valence-corrected chi connectivity index (χ2v) is 5.33. The highest BCUT2D eigenvalue weighted by atomic mass is 16.5. The van der Waals surface area contributed by atoms with Gasteiger partial charge in [-0.2, -0.15) is 0 Å². The molecule has 0 aromatic heterocycles. The zero-order chi connectivity index (χ0) is 13.1. The third-order valence-corrected chi connectivity index (χ3v) is 2.75. The van der Waals surface area contributed by atoms with Crippen molar-refractivity contribution in [3.63, 3.8) is 0 Å². The highest BCUT2D eigenvalue weighted by molar-refractivity contribution is 5.76. The Bertz CT molecular complexity index is 368. The van der Waals surface area contributed by atoms with Gasteiger partial charge < -0.3 is 10.5 Å².